The number of alkyl carbamates (subject to hydrolysis) is 1. The summed E-state index contributed by atoms with van der Waals surface area (Å²) < 4.78 is 15.6. The van der Waals surface area contributed by atoms with E-state index in [-0.39, 0.29) is 0 Å². The van der Waals surface area contributed by atoms with Crippen molar-refractivity contribution in [2.45, 2.75) is 84.3 Å². The molecule has 0 aliphatic rings. The Morgan fingerprint density at radius 1 is 0.941 bits per heavy atom. The van der Waals surface area contributed by atoms with Gasteiger partial charge in [0.1, 0.15) is 16.9 Å². The highest BCUT2D eigenvalue weighted by Crippen LogP contribution is 2.19. The van der Waals surface area contributed by atoms with Gasteiger partial charge in [0, 0.05) is 11.8 Å². The van der Waals surface area contributed by atoms with Gasteiger partial charge in [0.25, 0.3) is 5.91 Å². The first-order valence-electron chi connectivity index (χ1n) is 11.8. The smallest absolute Gasteiger partial charge is 0.408 e. The third-order valence-corrected chi connectivity index (χ3v) is 4.87. The van der Waals surface area contributed by atoms with Crippen LogP contribution in [-0.2, 0) is 19.1 Å². The van der Waals surface area contributed by atoms with Crippen molar-refractivity contribution in [1.29, 1.82) is 0 Å². The second-order valence-corrected chi connectivity index (χ2v) is 9.28. The van der Waals surface area contributed by atoms with Crippen molar-refractivity contribution in [3.05, 3.63) is 36.4 Å². The lowest BCUT2D eigenvalue weighted by Crippen LogP contribution is -2.54. The highest BCUT2D eigenvalue weighted by atomic mass is 16.6. The van der Waals surface area contributed by atoms with Crippen LogP contribution in [0.4, 0.5) is 10.5 Å². The van der Waals surface area contributed by atoms with E-state index in [2.05, 4.69) is 22.3 Å². The number of hydrogen-bond donors (Lipinski definition) is 2. The quantitative estimate of drug-likeness (QED) is 0.225. The molecule has 0 saturated carbocycles. The lowest BCUT2D eigenvalue weighted by molar-refractivity contribution is -0.134. The summed E-state index contributed by atoms with van der Waals surface area (Å²) in [6.07, 6.45) is 8.70. The number of carbonyl (C=O) groups excluding carboxylic acids is 3. The first-order valence-corrected chi connectivity index (χ1v) is 11.8. The minimum Gasteiger partial charge on any atom is -0.494 e. The largest absolute Gasteiger partial charge is 0.494 e. The fraction of sp³-hybridized carbons (Fsp3) is 0.577. The molecule has 34 heavy (non-hydrogen) atoms. The Labute approximate surface area is 203 Å². The summed E-state index contributed by atoms with van der Waals surface area (Å²) in [7, 11) is 1.22. The average molecular weight is 477 g/mol. The van der Waals surface area contributed by atoms with Gasteiger partial charge < -0.3 is 24.8 Å². The number of nitrogens with one attached hydrogen (secondary N) is 2. The van der Waals surface area contributed by atoms with Crippen molar-refractivity contribution in [3.63, 3.8) is 0 Å². The average Bonchev–Trinajstić information content (AvgIpc) is 2.76. The number of carbonyl (C=O) groups is 3. The van der Waals surface area contributed by atoms with Crippen molar-refractivity contribution in [2.75, 3.05) is 19.0 Å². The van der Waals surface area contributed by atoms with Gasteiger partial charge in [-0.1, -0.05) is 39.0 Å². The van der Waals surface area contributed by atoms with Crippen LogP contribution < -0.4 is 15.4 Å². The van der Waals surface area contributed by atoms with E-state index in [0.717, 1.165) is 18.9 Å². The number of amides is 2. The van der Waals surface area contributed by atoms with E-state index in [4.69, 9.17) is 9.47 Å². The molecule has 0 unspecified atom stereocenters. The van der Waals surface area contributed by atoms with Crippen LogP contribution in [0.2, 0.25) is 0 Å². The Kier molecular flexibility index (Phi) is 12.2. The van der Waals surface area contributed by atoms with Crippen LogP contribution in [0.1, 0.15) is 73.1 Å². The monoisotopic (exact) mass is 476 g/mol. The molecule has 1 aromatic rings. The maximum atomic E-state index is 13.0. The molecule has 8 heteroatoms. The zero-order valence-electron chi connectivity index (χ0n) is 21.4. The predicted octanol–water partition coefficient (Wildman–Crippen LogP) is 5.38. The molecule has 0 heterocycles. The highest BCUT2D eigenvalue weighted by molar-refractivity contribution is 6.02. The second-order valence-electron chi connectivity index (χ2n) is 9.28. The van der Waals surface area contributed by atoms with E-state index in [9.17, 15) is 14.4 Å². The molecule has 1 atom stereocenters. The number of hydrogen-bond acceptors (Lipinski definition) is 6. The maximum Gasteiger partial charge on any atom is 0.408 e. The van der Waals surface area contributed by atoms with Crippen molar-refractivity contribution < 1.29 is 28.6 Å². The normalized spacial score (nSPS) is 13.1. The molecule has 8 nitrogen and oxygen atoms in total. The minimum absolute atomic E-state index is 0.514. The Morgan fingerprint density at radius 3 is 2.15 bits per heavy atom. The molecule has 0 aromatic heterocycles. The molecule has 0 saturated heterocycles. The number of esters is 1. The summed E-state index contributed by atoms with van der Waals surface area (Å²) in [4.78, 5) is 36.9. The van der Waals surface area contributed by atoms with Crippen LogP contribution in [0.3, 0.4) is 0 Å². The summed E-state index contributed by atoms with van der Waals surface area (Å²) in [6, 6.07) is 6.98. The van der Waals surface area contributed by atoms with E-state index in [1.807, 2.05) is 0 Å². The number of unbranched alkanes of at least 4 members (excludes halogenated alkanes) is 5. The van der Waals surface area contributed by atoms with Gasteiger partial charge in [0.05, 0.1) is 13.7 Å². The standard InChI is InChI=1S/C26H40N2O6/c1-7-8-9-10-11-12-19-33-21-15-13-20(14-16-21)27-23(30)26(5,18-17-22(29)32-6)28-24(31)34-25(2,3)4/h13-18H,7-12,19H2,1-6H3,(H,27,30)(H,28,31)/b18-17+/t26-/m0/s1. The number of methoxy groups -OCH3 is 1. The summed E-state index contributed by atoms with van der Waals surface area (Å²) in [5, 5.41) is 5.27. The van der Waals surface area contributed by atoms with Gasteiger partial charge in [0.2, 0.25) is 0 Å². The van der Waals surface area contributed by atoms with Crippen LogP contribution in [-0.4, -0.2) is 42.8 Å². The van der Waals surface area contributed by atoms with Crippen molar-refractivity contribution in [2.24, 2.45) is 0 Å². The summed E-state index contributed by atoms with van der Waals surface area (Å²) in [5.41, 5.74) is -1.80. The van der Waals surface area contributed by atoms with Gasteiger partial charge >= 0.3 is 12.1 Å². The zero-order valence-corrected chi connectivity index (χ0v) is 21.4. The molecule has 0 fully saturated rings. The van der Waals surface area contributed by atoms with Crippen molar-refractivity contribution in [3.8, 4) is 5.75 Å². The molecule has 190 valence electrons. The first-order chi connectivity index (χ1) is 16.0. The van der Waals surface area contributed by atoms with E-state index >= 15 is 0 Å². The SMILES string of the molecule is CCCCCCCCOc1ccc(NC(=O)[C@](C)(/C=C/C(=O)OC)NC(=O)OC(C)(C)C)cc1. The van der Waals surface area contributed by atoms with Crippen LogP contribution in [0.25, 0.3) is 0 Å². The fourth-order valence-electron chi connectivity index (χ4n) is 2.96. The van der Waals surface area contributed by atoms with Crippen LogP contribution in [0, 0.1) is 0 Å². The molecule has 1 aromatic carbocycles. The fourth-order valence-corrected chi connectivity index (χ4v) is 2.96. The van der Waals surface area contributed by atoms with Crippen molar-refractivity contribution >= 4 is 23.7 Å². The molecule has 0 spiro atoms. The number of rotatable bonds is 13. The van der Waals surface area contributed by atoms with Gasteiger partial charge in [0.15, 0.2) is 0 Å². The van der Waals surface area contributed by atoms with Gasteiger partial charge in [-0.15, -0.1) is 0 Å². The van der Waals surface area contributed by atoms with E-state index in [1.54, 1.807) is 45.0 Å². The third-order valence-electron chi connectivity index (χ3n) is 4.87. The van der Waals surface area contributed by atoms with Crippen molar-refractivity contribution in [1.82, 2.24) is 5.32 Å². The maximum absolute atomic E-state index is 13.0. The van der Waals surface area contributed by atoms with Gasteiger partial charge in [-0.25, -0.2) is 9.59 Å². The Hall–Kier alpha value is -3.03. The first kappa shape index (κ1) is 29.0. The molecule has 0 aliphatic heterocycles. The van der Waals surface area contributed by atoms with Gasteiger partial charge in [-0.3, -0.25) is 4.79 Å². The molecule has 2 amide bonds. The lowest BCUT2D eigenvalue weighted by Gasteiger charge is -2.28. The topological polar surface area (TPSA) is 103 Å². The van der Waals surface area contributed by atoms with Gasteiger partial charge in [-0.05, 0) is 64.5 Å². The van der Waals surface area contributed by atoms with Crippen LogP contribution in [0.15, 0.2) is 36.4 Å². The molecular formula is C26H40N2O6. The van der Waals surface area contributed by atoms with Gasteiger partial charge in [-0.2, -0.15) is 0 Å². The number of anilines is 1. The summed E-state index contributed by atoms with van der Waals surface area (Å²) >= 11 is 0. The van der Waals surface area contributed by atoms with E-state index < -0.39 is 29.1 Å². The van der Waals surface area contributed by atoms with Crippen LogP contribution in [0.5, 0.6) is 5.75 Å². The predicted molar refractivity (Wildman–Crippen MR) is 133 cm³/mol. The Morgan fingerprint density at radius 2 is 1.56 bits per heavy atom. The zero-order chi connectivity index (χ0) is 25.6. The Balaban J connectivity index is 2.75. The molecular weight excluding hydrogens is 436 g/mol. The molecule has 2 N–H and O–H groups in total. The van der Waals surface area contributed by atoms with Crippen LogP contribution >= 0.6 is 0 Å². The summed E-state index contributed by atoms with van der Waals surface area (Å²) in [6.45, 7) is 9.45. The second kappa shape index (κ2) is 14.3. The third kappa shape index (κ3) is 11.7. The minimum atomic E-state index is -1.57. The van der Waals surface area contributed by atoms with E-state index in [1.165, 1.54) is 45.8 Å². The molecule has 0 aliphatic carbocycles. The van der Waals surface area contributed by atoms with E-state index in [0.29, 0.717) is 18.0 Å². The molecule has 1 rings (SSSR count). The molecule has 0 radical (unpaired) electrons. The lowest BCUT2D eigenvalue weighted by atomic mass is 10.0. The number of benzene rings is 1. The molecule has 0 bridgehead atoms. The highest BCUT2D eigenvalue weighted by Gasteiger charge is 2.34. The number of ether oxygens (including phenoxy) is 3. The Bertz CT molecular complexity index is 814. The summed E-state index contributed by atoms with van der Waals surface area (Å²) in [5.74, 6) is -0.497.